The molecule has 0 bridgehead atoms. The number of anilines is 1. The minimum Gasteiger partial charge on any atom is -0.309 e. The Balaban J connectivity index is 1.55. The lowest BCUT2D eigenvalue weighted by Crippen LogP contribution is -2.47. The number of aryl methyl sites for hydroxylation is 2. The van der Waals surface area contributed by atoms with Gasteiger partial charge in [0.1, 0.15) is 11.6 Å². The fraction of sp³-hybridized carbons (Fsp3) is 0.500. The van der Waals surface area contributed by atoms with Gasteiger partial charge in [-0.1, -0.05) is 18.5 Å². The first-order chi connectivity index (χ1) is 11.5. The van der Waals surface area contributed by atoms with Crippen molar-refractivity contribution in [1.29, 1.82) is 0 Å². The van der Waals surface area contributed by atoms with E-state index in [1.54, 1.807) is 12.1 Å². The zero-order valence-electron chi connectivity index (χ0n) is 13.8. The van der Waals surface area contributed by atoms with Gasteiger partial charge in [0.25, 0.3) is 0 Å². The molecule has 3 heterocycles. The number of amides is 1. The Morgan fingerprint density at radius 2 is 2.33 bits per heavy atom. The number of hydrogen-bond donors (Lipinski definition) is 2. The van der Waals surface area contributed by atoms with E-state index in [4.69, 9.17) is 11.6 Å². The van der Waals surface area contributed by atoms with Crippen LogP contribution in [0, 0.1) is 0 Å². The van der Waals surface area contributed by atoms with Crippen LogP contribution in [0.15, 0.2) is 18.3 Å². The van der Waals surface area contributed by atoms with Gasteiger partial charge in [0.05, 0.1) is 17.6 Å². The summed E-state index contributed by atoms with van der Waals surface area (Å²) in [5.74, 6) is 2.29. The van der Waals surface area contributed by atoms with Gasteiger partial charge in [0, 0.05) is 25.1 Å². The number of rotatable bonds is 5. The number of pyridine rings is 1. The second kappa shape index (κ2) is 7.27. The van der Waals surface area contributed by atoms with E-state index in [-0.39, 0.29) is 18.0 Å². The second-order valence-corrected chi connectivity index (χ2v) is 6.39. The predicted molar refractivity (Wildman–Crippen MR) is 92.0 cm³/mol. The molecule has 24 heavy (non-hydrogen) atoms. The normalized spacial score (nSPS) is 18.0. The molecule has 7 nitrogen and oxygen atoms in total. The number of nitrogens with zero attached hydrogens (tertiary/aromatic N) is 4. The highest BCUT2D eigenvalue weighted by Gasteiger charge is 2.24. The van der Waals surface area contributed by atoms with Gasteiger partial charge < -0.3 is 10.6 Å². The van der Waals surface area contributed by atoms with Crippen LogP contribution in [0.4, 0.5) is 5.82 Å². The topological polar surface area (TPSA) is 84.7 Å². The zero-order chi connectivity index (χ0) is 17.1. The maximum Gasteiger partial charge on any atom is 0.242 e. The van der Waals surface area contributed by atoms with Crippen LogP contribution < -0.4 is 10.6 Å². The average Bonchev–Trinajstić information content (AvgIpc) is 2.99. The number of nitrogens with one attached hydrogen (secondary N) is 2. The summed E-state index contributed by atoms with van der Waals surface area (Å²) in [6.07, 6.45) is 4.16. The number of fused-ring (bicyclic) bond motifs is 1. The van der Waals surface area contributed by atoms with E-state index >= 15 is 0 Å². The summed E-state index contributed by atoms with van der Waals surface area (Å²) in [5, 5.41) is 11.2. The summed E-state index contributed by atoms with van der Waals surface area (Å²) < 4.78 is 1.95. The molecule has 0 aromatic carbocycles. The van der Waals surface area contributed by atoms with Crippen molar-refractivity contribution in [1.82, 2.24) is 25.1 Å². The van der Waals surface area contributed by atoms with Gasteiger partial charge in [-0.15, -0.1) is 0 Å². The van der Waals surface area contributed by atoms with E-state index in [2.05, 4.69) is 25.7 Å². The molecule has 8 heteroatoms. The molecule has 2 N–H and O–H groups in total. The second-order valence-electron chi connectivity index (χ2n) is 5.95. The van der Waals surface area contributed by atoms with Crippen molar-refractivity contribution in [3.63, 3.8) is 0 Å². The smallest absolute Gasteiger partial charge is 0.242 e. The summed E-state index contributed by atoms with van der Waals surface area (Å²) in [5.41, 5.74) is 0. The fourth-order valence-corrected chi connectivity index (χ4v) is 2.87. The molecule has 0 fully saturated rings. The lowest BCUT2D eigenvalue weighted by atomic mass is 10.1. The van der Waals surface area contributed by atoms with E-state index in [9.17, 15) is 4.79 Å². The van der Waals surface area contributed by atoms with Crippen LogP contribution in [0.25, 0.3) is 0 Å². The molecule has 1 amide bonds. The number of hydrogen-bond acceptors (Lipinski definition) is 5. The van der Waals surface area contributed by atoms with Crippen LogP contribution in [0.2, 0.25) is 5.02 Å². The Kier molecular flexibility index (Phi) is 5.11. The number of halogens is 1. The molecule has 0 aliphatic carbocycles. The Labute approximate surface area is 145 Å². The molecular formula is C16H21ClN6O. The van der Waals surface area contributed by atoms with Crippen LogP contribution in [0.5, 0.6) is 0 Å². The van der Waals surface area contributed by atoms with Crippen LogP contribution in [0.1, 0.15) is 31.9 Å². The minimum atomic E-state index is -0.330. The Morgan fingerprint density at radius 3 is 3.04 bits per heavy atom. The molecule has 0 saturated carbocycles. The third-order valence-corrected chi connectivity index (χ3v) is 4.30. The molecule has 2 atom stereocenters. The molecule has 1 aliphatic heterocycles. The highest BCUT2D eigenvalue weighted by molar-refractivity contribution is 6.30. The molecule has 0 spiro atoms. The van der Waals surface area contributed by atoms with Crippen LogP contribution in [-0.4, -0.2) is 37.7 Å². The van der Waals surface area contributed by atoms with Crippen molar-refractivity contribution in [3.8, 4) is 0 Å². The highest BCUT2D eigenvalue weighted by atomic mass is 35.5. The van der Waals surface area contributed by atoms with Gasteiger partial charge in [-0.05, 0) is 25.5 Å². The van der Waals surface area contributed by atoms with E-state index in [1.807, 2.05) is 18.5 Å². The van der Waals surface area contributed by atoms with Gasteiger partial charge in [-0.25, -0.2) is 14.6 Å². The number of carbonyl (C=O) groups excluding carboxylic acids is 1. The van der Waals surface area contributed by atoms with Gasteiger partial charge in [0.15, 0.2) is 5.82 Å². The molecule has 128 valence electrons. The lowest BCUT2D eigenvalue weighted by Gasteiger charge is -2.26. The van der Waals surface area contributed by atoms with Gasteiger partial charge in [0.2, 0.25) is 5.91 Å². The summed E-state index contributed by atoms with van der Waals surface area (Å²) in [4.78, 5) is 20.9. The molecule has 3 rings (SSSR count). The van der Waals surface area contributed by atoms with E-state index < -0.39 is 0 Å². The van der Waals surface area contributed by atoms with E-state index in [0.29, 0.717) is 10.8 Å². The summed E-state index contributed by atoms with van der Waals surface area (Å²) in [6.45, 7) is 4.63. The van der Waals surface area contributed by atoms with Crippen molar-refractivity contribution in [2.75, 3.05) is 5.32 Å². The fourth-order valence-electron chi connectivity index (χ4n) is 2.76. The lowest BCUT2D eigenvalue weighted by molar-refractivity contribution is -0.118. The first-order valence-corrected chi connectivity index (χ1v) is 8.54. The van der Waals surface area contributed by atoms with Crippen molar-refractivity contribution in [2.24, 2.45) is 0 Å². The Bertz CT molecular complexity index is 714. The number of aromatic nitrogens is 4. The Morgan fingerprint density at radius 1 is 1.50 bits per heavy atom. The summed E-state index contributed by atoms with van der Waals surface area (Å²) >= 11 is 5.79. The van der Waals surface area contributed by atoms with Crippen molar-refractivity contribution in [2.45, 2.75) is 51.7 Å². The molecule has 2 aromatic rings. The van der Waals surface area contributed by atoms with Crippen LogP contribution in [0.3, 0.4) is 0 Å². The van der Waals surface area contributed by atoms with E-state index in [1.165, 1.54) is 6.20 Å². The summed E-state index contributed by atoms with van der Waals surface area (Å²) in [7, 11) is 0. The summed E-state index contributed by atoms with van der Waals surface area (Å²) in [6, 6.07) is 3.24. The quantitative estimate of drug-likeness (QED) is 0.861. The minimum absolute atomic E-state index is 0.122. The first-order valence-electron chi connectivity index (χ1n) is 8.16. The predicted octanol–water partition coefficient (Wildman–Crippen LogP) is 1.82. The molecule has 1 aliphatic rings. The molecular weight excluding hydrogens is 328 g/mol. The molecule has 2 aromatic heterocycles. The molecule has 0 unspecified atom stereocenters. The van der Waals surface area contributed by atoms with Gasteiger partial charge >= 0.3 is 0 Å². The highest BCUT2D eigenvalue weighted by Crippen LogP contribution is 2.14. The van der Waals surface area contributed by atoms with Crippen molar-refractivity contribution < 1.29 is 4.79 Å². The Hall–Kier alpha value is -1.99. The third-order valence-electron chi connectivity index (χ3n) is 4.08. The average molecular weight is 349 g/mol. The number of carbonyl (C=O) groups is 1. The molecule has 0 saturated heterocycles. The van der Waals surface area contributed by atoms with Crippen molar-refractivity contribution >= 4 is 23.3 Å². The van der Waals surface area contributed by atoms with Gasteiger partial charge in [-0.2, -0.15) is 5.10 Å². The maximum atomic E-state index is 12.3. The van der Waals surface area contributed by atoms with E-state index in [0.717, 1.165) is 37.5 Å². The zero-order valence-corrected chi connectivity index (χ0v) is 14.5. The van der Waals surface area contributed by atoms with Crippen molar-refractivity contribution in [3.05, 3.63) is 35.0 Å². The third kappa shape index (κ3) is 3.91. The maximum absolute atomic E-state index is 12.3. The molecule has 0 radical (unpaired) electrons. The SMILES string of the molecule is CCc1nc2n(n1)C[C@@H](N[C@H](C)C(=O)Nc1ccc(Cl)cn1)CC2. The van der Waals surface area contributed by atoms with Gasteiger partial charge in [-0.3, -0.25) is 4.79 Å². The first kappa shape index (κ1) is 16.9. The van der Waals surface area contributed by atoms with Crippen LogP contribution in [-0.2, 0) is 24.2 Å². The van der Waals surface area contributed by atoms with Crippen LogP contribution >= 0.6 is 11.6 Å². The monoisotopic (exact) mass is 348 g/mol. The standard InChI is InChI=1S/C16H21ClN6O/c1-3-13-20-15-7-5-12(9-23(15)22-13)19-10(2)16(24)21-14-6-4-11(17)8-18-14/h4,6,8,10,12,19H,3,5,7,9H2,1-2H3,(H,18,21,24)/t10-,12+/m1/s1. The largest absolute Gasteiger partial charge is 0.309 e.